The Kier molecular flexibility index (Phi) is 6.61. The van der Waals surface area contributed by atoms with Crippen LogP contribution < -0.4 is 19.7 Å². The van der Waals surface area contributed by atoms with E-state index in [1.165, 1.54) is 0 Å². The summed E-state index contributed by atoms with van der Waals surface area (Å²) < 4.78 is 16.2. The Morgan fingerprint density at radius 2 is 1.93 bits per heavy atom. The molecule has 2 aromatic rings. The van der Waals surface area contributed by atoms with Crippen molar-refractivity contribution in [1.82, 2.24) is 20.4 Å². The number of methoxy groups -OCH3 is 2. The zero-order valence-electron chi connectivity index (χ0n) is 16.8. The monoisotopic (exact) mass is 423 g/mol. The summed E-state index contributed by atoms with van der Waals surface area (Å²) in [6, 6.07) is 5.51. The predicted molar refractivity (Wildman–Crippen MR) is 109 cm³/mol. The first-order valence-corrected chi connectivity index (χ1v) is 9.37. The van der Waals surface area contributed by atoms with Gasteiger partial charge in [0.2, 0.25) is 11.8 Å². The fourth-order valence-corrected chi connectivity index (χ4v) is 3.71. The molecule has 2 saturated heterocycles. The summed E-state index contributed by atoms with van der Waals surface area (Å²) in [5.74, 6) is 2.33. The molecule has 2 aliphatic heterocycles. The summed E-state index contributed by atoms with van der Waals surface area (Å²) >= 11 is 0. The molecular formula is C19H26ClN5O4. The summed E-state index contributed by atoms with van der Waals surface area (Å²) in [6.45, 7) is 3.15. The van der Waals surface area contributed by atoms with E-state index in [2.05, 4.69) is 27.4 Å². The first kappa shape index (κ1) is 21.4. The third kappa shape index (κ3) is 4.31. The molecule has 3 heterocycles. The molecular weight excluding hydrogens is 398 g/mol. The van der Waals surface area contributed by atoms with E-state index in [1.54, 1.807) is 25.2 Å². The van der Waals surface area contributed by atoms with Gasteiger partial charge in [0.1, 0.15) is 11.5 Å². The number of carbonyl (C=O) groups excluding carboxylic acids is 1. The molecule has 2 aliphatic rings. The number of likely N-dealkylation sites (N-methyl/N-ethyl adjacent to an activating group) is 1. The van der Waals surface area contributed by atoms with Gasteiger partial charge in [0.25, 0.3) is 0 Å². The predicted octanol–water partition coefficient (Wildman–Crippen LogP) is 1.61. The fraction of sp³-hybridized carbons (Fsp3) is 0.526. The van der Waals surface area contributed by atoms with Gasteiger partial charge in [-0.1, -0.05) is 5.16 Å². The zero-order valence-corrected chi connectivity index (χ0v) is 17.6. The number of rotatable bonds is 5. The van der Waals surface area contributed by atoms with Gasteiger partial charge in [-0.15, -0.1) is 12.4 Å². The van der Waals surface area contributed by atoms with Crippen LogP contribution in [0.5, 0.6) is 11.5 Å². The van der Waals surface area contributed by atoms with Gasteiger partial charge in [0.15, 0.2) is 5.82 Å². The minimum Gasteiger partial charge on any atom is -0.497 e. The van der Waals surface area contributed by atoms with Crippen molar-refractivity contribution in [2.75, 3.05) is 52.3 Å². The Morgan fingerprint density at radius 1 is 1.21 bits per heavy atom. The second kappa shape index (κ2) is 8.98. The molecule has 1 aromatic carbocycles. The third-order valence-electron chi connectivity index (χ3n) is 5.39. The van der Waals surface area contributed by atoms with Crippen LogP contribution in [0.15, 0.2) is 22.7 Å². The van der Waals surface area contributed by atoms with E-state index in [0.29, 0.717) is 36.2 Å². The lowest BCUT2D eigenvalue weighted by molar-refractivity contribution is -0.117. The molecule has 9 nitrogen and oxygen atoms in total. The minimum absolute atomic E-state index is 0. The van der Waals surface area contributed by atoms with E-state index in [9.17, 15) is 4.79 Å². The molecule has 0 bridgehead atoms. The van der Waals surface area contributed by atoms with Crippen LogP contribution in [0.25, 0.3) is 0 Å². The summed E-state index contributed by atoms with van der Waals surface area (Å²) in [5.41, 5.74) is 0.736. The maximum atomic E-state index is 12.7. The number of ether oxygens (including phenoxy) is 2. The van der Waals surface area contributed by atoms with Crippen molar-refractivity contribution in [3.8, 4) is 11.5 Å². The molecule has 2 atom stereocenters. The number of aromatic nitrogens is 2. The molecule has 29 heavy (non-hydrogen) atoms. The quantitative estimate of drug-likeness (QED) is 0.775. The average molecular weight is 424 g/mol. The van der Waals surface area contributed by atoms with Crippen LogP contribution in [-0.4, -0.2) is 68.4 Å². The molecule has 4 rings (SSSR count). The first-order chi connectivity index (χ1) is 13.6. The fourth-order valence-electron chi connectivity index (χ4n) is 3.71. The number of carbonyl (C=O) groups is 1. The van der Waals surface area contributed by atoms with E-state index >= 15 is 0 Å². The number of nitrogens with one attached hydrogen (secondary N) is 1. The maximum absolute atomic E-state index is 12.7. The van der Waals surface area contributed by atoms with E-state index < -0.39 is 0 Å². The van der Waals surface area contributed by atoms with Crippen molar-refractivity contribution in [3.05, 3.63) is 29.9 Å². The first-order valence-electron chi connectivity index (χ1n) is 9.37. The number of hydrogen-bond acceptors (Lipinski definition) is 8. The highest BCUT2D eigenvalue weighted by Crippen LogP contribution is 2.35. The largest absolute Gasteiger partial charge is 0.497 e. The highest BCUT2D eigenvalue weighted by Gasteiger charge is 2.36. The Labute approximate surface area is 175 Å². The molecule has 1 N–H and O–H groups in total. The smallest absolute Gasteiger partial charge is 0.232 e. The number of amides is 1. The number of anilines is 1. The second-order valence-corrected chi connectivity index (χ2v) is 7.17. The molecule has 0 aliphatic carbocycles. The van der Waals surface area contributed by atoms with Crippen molar-refractivity contribution in [2.45, 2.75) is 18.4 Å². The van der Waals surface area contributed by atoms with Gasteiger partial charge >= 0.3 is 0 Å². The lowest BCUT2D eigenvalue weighted by atomic mass is 10.1. The van der Waals surface area contributed by atoms with Gasteiger partial charge in [-0.2, -0.15) is 4.98 Å². The van der Waals surface area contributed by atoms with Crippen molar-refractivity contribution >= 4 is 24.0 Å². The van der Waals surface area contributed by atoms with E-state index in [1.807, 2.05) is 12.1 Å². The molecule has 10 heteroatoms. The molecule has 2 unspecified atom stereocenters. The van der Waals surface area contributed by atoms with Crippen LogP contribution in [-0.2, 0) is 4.79 Å². The highest BCUT2D eigenvalue weighted by atomic mass is 35.5. The lowest BCUT2D eigenvalue weighted by Gasteiger charge is -2.30. The number of nitrogens with zero attached hydrogens (tertiary/aromatic N) is 4. The molecule has 0 radical (unpaired) electrons. The summed E-state index contributed by atoms with van der Waals surface area (Å²) in [5, 5.41) is 7.53. The van der Waals surface area contributed by atoms with Crippen molar-refractivity contribution in [1.29, 1.82) is 0 Å². The van der Waals surface area contributed by atoms with Gasteiger partial charge in [-0.25, -0.2) is 0 Å². The van der Waals surface area contributed by atoms with E-state index in [4.69, 9.17) is 14.0 Å². The zero-order chi connectivity index (χ0) is 19.7. The number of benzene rings is 1. The van der Waals surface area contributed by atoms with Crippen LogP contribution in [0, 0.1) is 0 Å². The lowest BCUT2D eigenvalue weighted by Crippen LogP contribution is -2.44. The van der Waals surface area contributed by atoms with E-state index in [0.717, 1.165) is 25.3 Å². The van der Waals surface area contributed by atoms with Gasteiger partial charge in [-0.05, 0) is 7.05 Å². The Balaban J connectivity index is 0.00000240. The second-order valence-electron chi connectivity index (χ2n) is 7.17. The maximum Gasteiger partial charge on any atom is 0.232 e. The summed E-state index contributed by atoms with van der Waals surface area (Å²) in [4.78, 5) is 21.2. The van der Waals surface area contributed by atoms with Gasteiger partial charge in [0, 0.05) is 50.8 Å². The van der Waals surface area contributed by atoms with Crippen LogP contribution in [0.2, 0.25) is 0 Å². The Hall–Kier alpha value is -2.36. The highest BCUT2D eigenvalue weighted by molar-refractivity contribution is 5.96. The molecule has 0 saturated carbocycles. The van der Waals surface area contributed by atoms with Gasteiger partial charge in [0.05, 0.1) is 31.9 Å². The Bertz CT molecular complexity index is 839. The molecule has 1 amide bonds. The van der Waals surface area contributed by atoms with E-state index in [-0.39, 0.29) is 30.3 Å². The number of halogens is 1. The molecule has 2 fully saturated rings. The molecule has 1 aromatic heterocycles. The van der Waals surface area contributed by atoms with Crippen molar-refractivity contribution < 1.29 is 18.8 Å². The van der Waals surface area contributed by atoms with Gasteiger partial charge < -0.3 is 24.2 Å². The number of piperazine rings is 1. The molecule has 0 spiro atoms. The van der Waals surface area contributed by atoms with Crippen LogP contribution in [0.1, 0.15) is 30.1 Å². The Morgan fingerprint density at radius 3 is 2.59 bits per heavy atom. The topological polar surface area (TPSA) is 93.0 Å². The van der Waals surface area contributed by atoms with Crippen molar-refractivity contribution in [2.24, 2.45) is 0 Å². The van der Waals surface area contributed by atoms with Crippen LogP contribution >= 0.6 is 12.4 Å². The average Bonchev–Trinajstić information content (AvgIpc) is 3.34. The SMILES string of the molecule is COc1cc(OC)cc(N2CC(c3nc(C4CNCCN4C)no3)CC2=O)c1.Cl. The summed E-state index contributed by atoms with van der Waals surface area (Å²) in [7, 11) is 5.23. The summed E-state index contributed by atoms with van der Waals surface area (Å²) in [6.07, 6.45) is 0.333. The van der Waals surface area contributed by atoms with Crippen molar-refractivity contribution in [3.63, 3.8) is 0 Å². The normalized spacial score (nSPS) is 22.4. The molecule has 158 valence electrons. The van der Waals surface area contributed by atoms with Crippen LogP contribution in [0.4, 0.5) is 5.69 Å². The third-order valence-corrected chi connectivity index (χ3v) is 5.39. The van der Waals surface area contributed by atoms with Gasteiger partial charge in [-0.3, -0.25) is 9.69 Å². The minimum atomic E-state index is -0.132. The standard InChI is InChI=1S/C19H25N5O4.ClH/c1-23-5-4-20-10-16(23)18-21-19(28-22-18)12-6-17(25)24(11-12)13-7-14(26-2)9-15(8-13)27-3;/h7-9,12,16,20H,4-6,10-11H2,1-3H3;1H. The number of hydrogen-bond donors (Lipinski definition) is 1. The van der Waals surface area contributed by atoms with Crippen LogP contribution in [0.3, 0.4) is 0 Å².